The van der Waals surface area contributed by atoms with E-state index in [1.165, 1.54) is 55.7 Å². The van der Waals surface area contributed by atoms with Gasteiger partial charge in [0, 0.05) is 0 Å². The minimum atomic E-state index is -0.623. The van der Waals surface area contributed by atoms with Gasteiger partial charge in [0.1, 0.15) is 0 Å². The molecule has 0 radical (unpaired) electrons. The molecule has 0 heterocycles. The topological polar surface area (TPSA) is 0 Å². The van der Waals surface area contributed by atoms with Crippen molar-refractivity contribution in [2.24, 2.45) is 11.8 Å². The monoisotopic (exact) mass is 822 g/mol. The predicted molar refractivity (Wildman–Crippen MR) is 223 cm³/mol. The molecule has 6 rings (SSSR count). The van der Waals surface area contributed by atoms with Crippen LogP contribution in [0.3, 0.4) is 0 Å². The summed E-state index contributed by atoms with van der Waals surface area (Å²) in [6, 6.07) is 31.0. The van der Waals surface area contributed by atoms with Crippen LogP contribution in [0.1, 0.15) is 103 Å². The number of fused-ring (bicyclic) bond motifs is 3. The van der Waals surface area contributed by atoms with Crippen molar-refractivity contribution in [2.75, 3.05) is 0 Å². The Hall–Kier alpha value is -1.86. The molecule has 2 aliphatic rings. The summed E-state index contributed by atoms with van der Waals surface area (Å²) in [6.07, 6.45) is 6.71. The van der Waals surface area contributed by atoms with Gasteiger partial charge >= 0.3 is 123 Å². The second kappa shape index (κ2) is 19.3. The van der Waals surface area contributed by atoms with Crippen LogP contribution in [0, 0.1) is 24.0 Å². The first-order valence-corrected chi connectivity index (χ1v) is 20.6. The molecule has 4 aromatic carbocycles. The Balaban J connectivity index is 0.000000270. The third-order valence-electron chi connectivity index (χ3n) is 8.69. The third-order valence-corrected chi connectivity index (χ3v) is 11.7. The van der Waals surface area contributed by atoms with Crippen LogP contribution in [-0.2, 0) is 39.5 Å². The Morgan fingerprint density at radius 2 is 1.24 bits per heavy atom. The number of allylic oxidation sites excluding steroid dienone is 4. The number of hydrogen-bond donors (Lipinski definition) is 0. The quantitative estimate of drug-likeness (QED) is 0.159. The van der Waals surface area contributed by atoms with E-state index in [0.717, 1.165) is 16.5 Å². The molecule has 1 unspecified atom stereocenters. The van der Waals surface area contributed by atoms with Gasteiger partial charge in [0.15, 0.2) is 0 Å². The van der Waals surface area contributed by atoms with E-state index in [1.54, 1.807) is 0 Å². The van der Waals surface area contributed by atoms with E-state index in [-0.39, 0.29) is 35.6 Å². The maximum absolute atomic E-state index is 5.84. The van der Waals surface area contributed by atoms with E-state index < -0.39 is 22.3 Å². The van der Waals surface area contributed by atoms with E-state index in [9.17, 15) is 0 Å². The Morgan fingerprint density at radius 1 is 0.740 bits per heavy atom. The van der Waals surface area contributed by atoms with Gasteiger partial charge in [0.2, 0.25) is 0 Å². The van der Waals surface area contributed by atoms with Gasteiger partial charge in [-0.3, -0.25) is 6.08 Å². The Labute approximate surface area is 336 Å². The van der Waals surface area contributed by atoms with Crippen LogP contribution in [0.25, 0.3) is 11.1 Å². The first-order chi connectivity index (χ1) is 22.5. The fourth-order valence-corrected chi connectivity index (χ4v) is 8.17. The van der Waals surface area contributed by atoms with Crippen molar-refractivity contribution in [3.05, 3.63) is 152 Å². The van der Waals surface area contributed by atoms with Gasteiger partial charge in [-0.15, -0.1) is 30.4 Å². The summed E-state index contributed by atoms with van der Waals surface area (Å²) in [5.41, 5.74) is 14.1. The van der Waals surface area contributed by atoms with E-state index >= 15 is 0 Å². The molecule has 0 nitrogen and oxygen atoms in total. The van der Waals surface area contributed by atoms with Crippen LogP contribution >= 0.6 is 48.0 Å². The SMILES string of the molecule is CC(C)(C)c1c[c-]c2c(c1)-c1cc(C(C)(C)C)ccc1C2.CC1=[C-]C(C)C=C1C(C)C.Cl.Cl.Clc1ccc([CH]=[Zr]=[CH]c2ccc(Cl)cc2)cc1. The first kappa shape index (κ1) is 44.3. The van der Waals surface area contributed by atoms with Gasteiger partial charge in [-0.05, 0) is 17.4 Å². The molecule has 0 amide bonds. The summed E-state index contributed by atoms with van der Waals surface area (Å²) in [6.45, 7) is 22.4. The van der Waals surface area contributed by atoms with Gasteiger partial charge in [-0.2, -0.15) is 41.0 Å². The van der Waals surface area contributed by atoms with Crippen molar-refractivity contribution in [3.63, 3.8) is 0 Å². The molecule has 50 heavy (non-hydrogen) atoms. The number of hydrogen-bond acceptors (Lipinski definition) is 0. The van der Waals surface area contributed by atoms with Gasteiger partial charge in [0.05, 0.1) is 0 Å². The molecule has 4 aromatic rings. The zero-order valence-corrected chi connectivity index (χ0v) is 36.8. The fraction of sp³-hybridized carbons (Fsp3) is 0.333. The van der Waals surface area contributed by atoms with Gasteiger partial charge in [-0.25, -0.2) is 5.57 Å². The summed E-state index contributed by atoms with van der Waals surface area (Å²) >= 11 is 11.0. The van der Waals surface area contributed by atoms with Crippen molar-refractivity contribution in [3.8, 4) is 11.1 Å². The van der Waals surface area contributed by atoms with Crippen molar-refractivity contribution in [1.29, 1.82) is 0 Å². The fourth-order valence-electron chi connectivity index (χ4n) is 5.82. The molecule has 0 spiro atoms. The second-order valence-corrected chi connectivity index (χ2v) is 18.3. The number of halogens is 4. The van der Waals surface area contributed by atoms with E-state index in [1.807, 2.05) is 24.3 Å². The van der Waals surface area contributed by atoms with Crippen LogP contribution in [0.4, 0.5) is 0 Å². The Bertz CT molecular complexity index is 1730. The molecule has 0 aliphatic heterocycles. The second-order valence-electron chi connectivity index (χ2n) is 15.2. The van der Waals surface area contributed by atoms with Crippen LogP contribution in [0.5, 0.6) is 0 Å². The average molecular weight is 826 g/mol. The standard InChI is InChI=1S/C21H25.C10H15.2C7H5Cl.2ClH.Zr/c1-20(2,3)16-9-7-14-11-15-8-10-17(21(4,5)6)13-19(15)18(14)12-16;1-7(2)10-6-8(3)5-9(10)4;2*1-6-2-4-7(8)5-3-6;;;/h7,9-10,12-13H,11H2,1-6H3;6-8H,1-4H3;2*1-5H;2*1H;/q2*-1;;;;;. The van der Waals surface area contributed by atoms with Crippen molar-refractivity contribution in [1.82, 2.24) is 0 Å². The summed E-state index contributed by atoms with van der Waals surface area (Å²) in [4.78, 5) is 0. The Kier molecular flexibility index (Phi) is 17.1. The van der Waals surface area contributed by atoms with Crippen LogP contribution in [-0.4, -0.2) is 7.42 Å². The molecule has 5 heteroatoms. The third kappa shape index (κ3) is 12.7. The van der Waals surface area contributed by atoms with Crippen molar-refractivity contribution >= 4 is 55.4 Å². The van der Waals surface area contributed by atoms with E-state index in [2.05, 4.69) is 149 Å². The molecule has 0 aromatic heterocycles. The molecule has 0 N–H and O–H groups in total. The molecule has 0 saturated carbocycles. The molecule has 0 saturated heterocycles. The van der Waals surface area contributed by atoms with Crippen LogP contribution in [0.15, 0.2) is 96.1 Å². The van der Waals surface area contributed by atoms with E-state index in [4.69, 9.17) is 23.2 Å². The van der Waals surface area contributed by atoms with Crippen molar-refractivity contribution < 1.29 is 22.3 Å². The summed E-state index contributed by atoms with van der Waals surface area (Å²) < 4.78 is 4.66. The predicted octanol–water partition coefficient (Wildman–Crippen LogP) is 13.5. The molecular formula is C45H52Cl4Zr-2. The molecular weight excluding hydrogens is 774 g/mol. The van der Waals surface area contributed by atoms with Crippen LogP contribution in [0.2, 0.25) is 10.0 Å². The molecule has 2 aliphatic carbocycles. The normalized spacial score (nSPS) is 14.1. The maximum atomic E-state index is 5.84. The summed E-state index contributed by atoms with van der Waals surface area (Å²) in [5.74, 6) is 1.20. The van der Waals surface area contributed by atoms with Crippen molar-refractivity contribution in [2.45, 2.75) is 86.5 Å². The van der Waals surface area contributed by atoms with Crippen LogP contribution < -0.4 is 0 Å². The number of rotatable bonds is 3. The molecule has 0 bridgehead atoms. The summed E-state index contributed by atoms with van der Waals surface area (Å²) in [5, 5.41) is 1.57. The minimum absolute atomic E-state index is 0. The molecule has 0 fully saturated rings. The first-order valence-electron chi connectivity index (χ1n) is 17.0. The zero-order chi connectivity index (χ0) is 35.2. The summed E-state index contributed by atoms with van der Waals surface area (Å²) in [7, 11) is 0. The van der Waals surface area contributed by atoms with E-state index in [0.29, 0.717) is 11.8 Å². The number of benzene rings is 4. The average Bonchev–Trinajstić information content (AvgIpc) is 3.56. The van der Waals surface area contributed by atoms with Gasteiger partial charge < -0.3 is 0 Å². The zero-order valence-electron chi connectivity index (χ0n) is 31.2. The molecule has 1 atom stereocenters. The molecule has 266 valence electrons. The van der Waals surface area contributed by atoms with Gasteiger partial charge in [-0.1, -0.05) is 116 Å². The Morgan fingerprint density at radius 3 is 1.66 bits per heavy atom. The van der Waals surface area contributed by atoms with Gasteiger partial charge in [0.25, 0.3) is 0 Å².